The summed E-state index contributed by atoms with van der Waals surface area (Å²) in [4.78, 5) is 30.2. The lowest BCUT2D eigenvalue weighted by Gasteiger charge is -2.28. The molecule has 3 aromatic rings. The number of amides is 1. The number of ketones is 1. The van der Waals surface area contributed by atoms with E-state index in [2.05, 4.69) is 10.3 Å². The van der Waals surface area contributed by atoms with Crippen molar-refractivity contribution in [3.63, 3.8) is 0 Å². The number of carbonyl (C=O) groups is 2. The number of phenolic OH excluding ortho intramolecular Hbond substituents is 1. The highest BCUT2D eigenvalue weighted by molar-refractivity contribution is 6.01. The van der Waals surface area contributed by atoms with Crippen LogP contribution in [0.4, 0.5) is 5.82 Å². The van der Waals surface area contributed by atoms with Crippen LogP contribution in [0.3, 0.4) is 0 Å². The molecule has 4 N–H and O–H groups in total. The summed E-state index contributed by atoms with van der Waals surface area (Å²) in [6.45, 7) is 14.2. The first-order valence-electron chi connectivity index (χ1n) is 11.7. The number of nitrogen functional groups attached to an aromatic ring is 1. The summed E-state index contributed by atoms with van der Waals surface area (Å²) in [6, 6.07) is 5.24. The SMILES string of the molecule is CCOc1cc2cn(CC(=O)c3cc(C(C)(C)C)c(O)c(C(C)(C)C)c3)c(N)c2nc1C(=O)NC. The van der Waals surface area contributed by atoms with Crippen LogP contribution in [0.1, 0.15) is 80.4 Å². The molecule has 0 atom stereocenters. The Morgan fingerprint density at radius 3 is 2.14 bits per heavy atom. The molecule has 1 amide bonds. The molecule has 3 rings (SSSR count). The lowest BCUT2D eigenvalue weighted by atomic mass is 9.78. The van der Waals surface area contributed by atoms with E-state index in [1.165, 1.54) is 7.05 Å². The van der Waals surface area contributed by atoms with Gasteiger partial charge in [0.2, 0.25) is 0 Å². The van der Waals surface area contributed by atoms with Crippen molar-refractivity contribution in [1.82, 2.24) is 14.9 Å². The van der Waals surface area contributed by atoms with Crippen molar-refractivity contribution in [2.75, 3.05) is 19.4 Å². The molecule has 0 spiro atoms. The fourth-order valence-corrected chi connectivity index (χ4v) is 4.05. The Kier molecular flexibility index (Phi) is 6.88. The van der Waals surface area contributed by atoms with Gasteiger partial charge in [-0.05, 0) is 36.0 Å². The Bertz CT molecular complexity index is 1260. The van der Waals surface area contributed by atoms with Gasteiger partial charge < -0.3 is 25.5 Å². The molecular weight excluding hydrogens is 444 g/mol. The average Bonchev–Trinajstić information content (AvgIpc) is 3.05. The van der Waals surface area contributed by atoms with E-state index in [1.807, 2.05) is 48.5 Å². The molecule has 35 heavy (non-hydrogen) atoms. The molecule has 1 aromatic carbocycles. The van der Waals surface area contributed by atoms with Crippen LogP contribution in [-0.2, 0) is 17.4 Å². The zero-order chi connectivity index (χ0) is 26.3. The van der Waals surface area contributed by atoms with Gasteiger partial charge in [0, 0.05) is 35.3 Å². The first-order valence-corrected chi connectivity index (χ1v) is 11.7. The van der Waals surface area contributed by atoms with Crippen LogP contribution >= 0.6 is 0 Å². The maximum absolute atomic E-state index is 13.4. The molecule has 2 aromatic heterocycles. The molecule has 0 unspecified atom stereocenters. The van der Waals surface area contributed by atoms with Gasteiger partial charge in [0.25, 0.3) is 5.91 Å². The minimum Gasteiger partial charge on any atom is -0.507 e. The summed E-state index contributed by atoms with van der Waals surface area (Å²) in [5.41, 5.74) is 8.17. The number of fused-ring (bicyclic) bond motifs is 1. The lowest BCUT2D eigenvalue weighted by Crippen LogP contribution is -2.20. The summed E-state index contributed by atoms with van der Waals surface area (Å²) in [6.07, 6.45) is 1.74. The van der Waals surface area contributed by atoms with E-state index in [4.69, 9.17) is 10.5 Å². The first-order chi connectivity index (χ1) is 16.2. The number of nitrogens with two attached hydrogens (primary N) is 1. The van der Waals surface area contributed by atoms with Gasteiger partial charge >= 0.3 is 0 Å². The van der Waals surface area contributed by atoms with Crippen molar-refractivity contribution < 1.29 is 19.4 Å². The normalized spacial score (nSPS) is 12.1. The molecule has 8 heteroatoms. The van der Waals surface area contributed by atoms with Gasteiger partial charge in [-0.25, -0.2) is 4.98 Å². The van der Waals surface area contributed by atoms with Crippen molar-refractivity contribution in [1.29, 1.82) is 0 Å². The number of anilines is 1. The van der Waals surface area contributed by atoms with E-state index in [1.54, 1.807) is 29.0 Å². The molecule has 0 radical (unpaired) electrons. The Balaban J connectivity index is 2.08. The fraction of sp³-hybridized carbons (Fsp3) is 0.444. The largest absolute Gasteiger partial charge is 0.507 e. The van der Waals surface area contributed by atoms with Crippen LogP contribution in [0.15, 0.2) is 24.4 Å². The van der Waals surface area contributed by atoms with Crippen LogP contribution < -0.4 is 15.8 Å². The summed E-state index contributed by atoms with van der Waals surface area (Å²) in [5, 5.41) is 14.2. The van der Waals surface area contributed by atoms with Crippen molar-refractivity contribution in [2.24, 2.45) is 0 Å². The molecule has 0 fully saturated rings. The highest BCUT2D eigenvalue weighted by Gasteiger charge is 2.28. The first kappa shape index (κ1) is 26.1. The molecule has 0 saturated heterocycles. The predicted octanol–water partition coefficient (Wildman–Crippen LogP) is 4.56. The number of phenols is 1. The van der Waals surface area contributed by atoms with Gasteiger partial charge in [0.05, 0.1) is 13.2 Å². The van der Waals surface area contributed by atoms with Crippen LogP contribution in [-0.4, -0.2) is 40.0 Å². The number of pyridine rings is 1. The number of nitrogens with zero attached hydrogens (tertiary/aromatic N) is 2. The Hall–Kier alpha value is -3.55. The summed E-state index contributed by atoms with van der Waals surface area (Å²) < 4.78 is 7.23. The third-order valence-corrected chi connectivity index (χ3v) is 5.97. The number of benzene rings is 1. The molecule has 0 aliphatic carbocycles. The maximum Gasteiger partial charge on any atom is 0.273 e. The average molecular weight is 481 g/mol. The minimum atomic E-state index is -0.382. The topological polar surface area (TPSA) is 119 Å². The van der Waals surface area contributed by atoms with Crippen LogP contribution in [0.2, 0.25) is 0 Å². The quantitative estimate of drug-likeness (QED) is 0.445. The second-order valence-corrected chi connectivity index (χ2v) is 10.8. The van der Waals surface area contributed by atoms with E-state index in [-0.39, 0.29) is 46.3 Å². The van der Waals surface area contributed by atoms with Gasteiger partial charge in [-0.15, -0.1) is 0 Å². The van der Waals surface area contributed by atoms with E-state index in [0.717, 1.165) is 11.1 Å². The van der Waals surface area contributed by atoms with Crippen LogP contribution in [0, 0.1) is 0 Å². The van der Waals surface area contributed by atoms with Crippen molar-refractivity contribution in [3.05, 3.63) is 46.8 Å². The molecule has 0 bridgehead atoms. The molecule has 0 aliphatic rings. The Morgan fingerprint density at radius 2 is 1.66 bits per heavy atom. The number of nitrogens with one attached hydrogen (secondary N) is 1. The summed E-state index contributed by atoms with van der Waals surface area (Å²) >= 11 is 0. The highest BCUT2D eigenvalue weighted by Crippen LogP contribution is 2.40. The summed E-state index contributed by atoms with van der Waals surface area (Å²) in [5.74, 6) is 0.331. The smallest absolute Gasteiger partial charge is 0.273 e. The van der Waals surface area contributed by atoms with Crippen molar-refractivity contribution in [2.45, 2.75) is 65.8 Å². The highest BCUT2D eigenvalue weighted by atomic mass is 16.5. The zero-order valence-corrected chi connectivity index (χ0v) is 21.9. The van der Waals surface area contributed by atoms with E-state index < -0.39 is 0 Å². The predicted molar refractivity (Wildman–Crippen MR) is 139 cm³/mol. The number of hydrogen-bond acceptors (Lipinski definition) is 6. The van der Waals surface area contributed by atoms with E-state index in [9.17, 15) is 14.7 Å². The molecule has 2 heterocycles. The van der Waals surface area contributed by atoms with Gasteiger partial charge in [0.1, 0.15) is 17.1 Å². The number of ether oxygens (including phenoxy) is 1. The number of carbonyl (C=O) groups excluding carboxylic acids is 2. The zero-order valence-electron chi connectivity index (χ0n) is 21.9. The maximum atomic E-state index is 13.4. The fourth-order valence-electron chi connectivity index (χ4n) is 4.05. The van der Waals surface area contributed by atoms with Gasteiger partial charge in [-0.3, -0.25) is 9.59 Å². The minimum absolute atomic E-state index is 0.0145. The van der Waals surface area contributed by atoms with Crippen LogP contribution in [0.25, 0.3) is 10.9 Å². The second-order valence-electron chi connectivity index (χ2n) is 10.8. The molecule has 0 aliphatic heterocycles. The third-order valence-electron chi connectivity index (χ3n) is 5.97. The van der Waals surface area contributed by atoms with Gasteiger partial charge in [-0.1, -0.05) is 41.5 Å². The number of aromatic nitrogens is 2. The van der Waals surface area contributed by atoms with Crippen LogP contribution in [0.5, 0.6) is 11.5 Å². The van der Waals surface area contributed by atoms with E-state index in [0.29, 0.717) is 28.8 Å². The van der Waals surface area contributed by atoms with Crippen molar-refractivity contribution in [3.8, 4) is 11.5 Å². The molecule has 188 valence electrons. The monoisotopic (exact) mass is 480 g/mol. The number of rotatable bonds is 6. The van der Waals surface area contributed by atoms with E-state index >= 15 is 0 Å². The molecule has 8 nitrogen and oxygen atoms in total. The number of aromatic hydroxyl groups is 1. The Morgan fingerprint density at radius 1 is 1.09 bits per heavy atom. The van der Waals surface area contributed by atoms with Crippen molar-refractivity contribution >= 4 is 28.4 Å². The third kappa shape index (κ3) is 5.11. The van der Waals surface area contributed by atoms with Gasteiger partial charge in [0.15, 0.2) is 17.2 Å². The number of Topliss-reactive ketones (excluding diaryl/α,β-unsaturated/α-hetero) is 1. The molecular formula is C27H36N4O4. The van der Waals surface area contributed by atoms with Gasteiger partial charge in [-0.2, -0.15) is 0 Å². The summed E-state index contributed by atoms with van der Waals surface area (Å²) in [7, 11) is 1.52. The number of hydrogen-bond donors (Lipinski definition) is 3. The Labute approximate surface area is 206 Å². The molecule has 0 saturated carbocycles. The lowest BCUT2D eigenvalue weighted by molar-refractivity contribution is 0.0951. The standard InChI is InChI=1S/C27H36N4O4/c1-9-35-20-12-16-13-31(24(28)21(16)30-22(20)25(34)29-8)14-19(32)15-10-17(26(2,3)4)23(33)18(11-15)27(5,6)7/h10-13,33H,9,14,28H2,1-8H3,(H,29,34). The second kappa shape index (κ2) is 9.24.